The Kier molecular flexibility index (Phi) is 2.78. The lowest BCUT2D eigenvalue weighted by Crippen LogP contribution is -2.12. The zero-order valence-electron chi connectivity index (χ0n) is 8.74. The highest BCUT2D eigenvalue weighted by molar-refractivity contribution is 9.10. The molecule has 82 valence electrons. The van der Waals surface area contributed by atoms with E-state index in [-0.39, 0.29) is 5.84 Å². The van der Waals surface area contributed by atoms with E-state index in [0.29, 0.717) is 5.56 Å². The molecule has 0 aliphatic heterocycles. The first-order chi connectivity index (χ1) is 7.61. The normalized spacial score (nSPS) is 10.4. The maximum absolute atomic E-state index is 7.42. The predicted octanol–water partition coefficient (Wildman–Crippen LogP) is 2.23. The van der Waals surface area contributed by atoms with Crippen molar-refractivity contribution >= 4 is 21.8 Å². The third-order valence-corrected chi connectivity index (χ3v) is 3.05. The molecule has 0 radical (unpaired) electrons. The van der Waals surface area contributed by atoms with E-state index in [0.717, 1.165) is 15.9 Å². The summed E-state index contributed by atoms with van der Waals surface area (Å²) in [6.45, 7) is 1.89. The molecule has 1 aromatic carbocycles. The van der Waals surface area contributed by atoms with Gasteiger partial charge in [-0.15, -0.1) is 0 Å². The molecule has 0 spiro atoms. The maximum Gasteiger partial charge on any atom is 0.126 e. The van der Waals surface area contributed by atoms with Gasteiger partial charge in [0.15, 0.2) is 0 Å². The molecule has 0 unspecified atom stereocenters. The number of nitrogen functional groups attached to an aromatic ring is 1. The zero-order chi connectivity index (χ0) is 11.7. The summed E-state index contributed by atoms with van der Waals surface area (Å²) in [7, 11) is 0. The smallest absolute Gasteiger partial charge is 0.126 e. The highest BCUT2D eigenvalue weighted by Gasteiger charge is 2.11. The van der Waals surface area contributed by atoms with Crippen LogP contribution in [0.25, 0.3) is 5.69 Å². The summed E-state index contributed by atoms with van der Waals surface area (Å²) < 4.78 is 2.72. The van der Waals surface area contributed by atoms with Crippen molar-refractivity contribution in [2.45, 2.75) is 6.92 Å². The van der Waals surface area contributed by atoms with E-state index >= 15 is 0 Å². The number of nitrogens with one attached hydrogen (secondary N) is 1. The summed E-state index contributed by atoms with van der Waals surface area (Å²) >= 11 is 3.47. The molecule has 0 aliphatic carbocycles. The number of nitrogens with zero attached hydrogens (tertiary/aromatic N) is 2. The number of aromatic nitrogens is 2. The predicted molar refractivity (Wildman–Crippen MR) is 67.0 cm³/mol. The first-order valence-electron chi connectivity index (χ1n) is 4.75. The molecular formula is C11H11BrN4. The van der Waals surface area contributed by atoms with E-state index in [4.69, 9.17) is 11.1 Å². The van der Waals surface area contributed by atoms with E-state index in [2.05, 4.69) is 21.0 Å². The Morgan fingerprint density at radius 1 is 1.44 bits per heavy atom. The molecule has 0 bridgehead atoms. The van der Waals surface area contributed by atoms with Gasteiger partial charge in [0, 0.05) is 4.47 Å². The molecule has 2 aromatic rings. The lowest BCUT2D eigenvalue weighted by Gasteiger charge is -2.07. The number of rotatable bonds is 2. The number of para-hydroxylation sites is 1. The van der Waals surface area contributed by atoms with Crippen molar-refractivity contribution < 1.29 is 0 Å². The van der Waals surface area contributed by atoms with Crippen LogP contribution in [0.2, 0.25) is 0 Å². The number of hydrogen-bond donors (Lipinski definition) is 2. The molecule has 5 heteroatoms. The average Bonchev–Trinajstić information content (AvgIpc) is 2.61. The maximum atomic E-state index is 7.42. The van der Waals surface area contributed by atoms with Crippen LogP contribution >= 0.6 is 15.9 Å². The summed E-state index contributed by atoms with van der Waals surface area (Å²) in [5, 5.41) is 11.7. The fourth-order valence-corrected chi connectivity index (χ4v) is 1.99. The number of hydrogen-bond acceptors (Lipinski definition) is 2. The van der Waals surface area contributed by atoms with Crippen LogP contribution in [0.3, 0.4) is 0 Å². The van der Waals surface area contributed by atoms with Crippen LogP contribution in [-0.2, 0) is 0 Å². The van der Waals surface area contributed by atoms with Gasteiger partial charge < -0.3 is 5.73 Å². The van der Waals surface area contributed by atoms with Crippen LogP contribution in [0.5, 0.6) is 0 Å². The van der Waals surface area contributed by atoms with Gasteiger partial charge in [-0.05, 0) is 35.0 Å². The minimum absolute atomic E-state index is 0.0378. The quantitative estimate of drug-likeness (QED) is 0.653. The molecule has 3 N–H and O–H groups in total. The molecule has 0 saturated heterocycles. The number of benzene rings is 1. The second kappa shape index (κ2) is 4.09. The molecule has 4 nitrogen and oxygen atoms in total. The molecule has 1 heterocycles. The lowest BCUT2D eigenvalue weighted by atomic mass is 10.2. The summed E-state index contributed by atoms with van der Waals surface area (Å²) in [6.07, 6.45) is 1.61. The van der Waals surface area contributed by atoms with Crippen LogP contribution in [0.4, 0.5) is 0 Å². The van der Waals surface area contributed by atoms with Gasteiger partial charge in [0.2, 0.25) is 0 Å². The van der Waals surface area contributed by atoms with E-state index in [1.165, 1.54) is 0 Å². The monoisotopic (exact) mass is 278 g/mol. The first kappa shape index (κ1) is 10.9. The largest absolute Gasteiger partial charge is 0.384 e. The summed E-state index contributed by atoms with van der Waals surface area (Å²) in [6, 6.07) is 7.78. The van der Waals surface area contributed by atoms with Crippen LogP contribution < -0.4 is 5.73 Å². The molecule has 1 aromatic heterocycles. The van der Waals surface area contributed by atoms with Gasteiger partial charge in [-0.3, -0.25) is 5.41 Å². The van der Waals surface area contributed by atoms with Crippen molar-refractivity contribution in [3.63, 3.8) is 0 Å². The lowest BCUT2D eigenvalue weighted by molar-refractivity contribution is 0.843. The van der Waals surface area contributed by atoms with E-state index in [1.54, 1.807) is 10.9 Å². The van der Waals surface area contributed by atoms with Gasteiger partial charge in [-0.2, -0.15) is 5.10 Å². The minimum Gasteiger partial charge on any atom is -0.384 e. The van der Waals surface area contributed by atoms with Crippen LogP contribution in [0.1, 0.15) is 11.3 Å². The molecule has 0 saturated carbocycles. The zero-order valence-corrected chi connectivity index (χ0v) is 10.3. The summed E-state index contributed by atoms with van der Waals surface area (Å²) in [5.41, 5.74) is 7.92. The third kappa shape index (κ3) is 1.74. The van der Waals surface area contributed by atoms with E-state index in [9.17, 15) is 0 Å². The minimum atomic E-state index is 0.0378. The number of nitrogens with two attached hydrogens (primary N) is 1. The number of amidine groups is 1. The van der Waals surface area contributed by atoms with Crippen LogP contribution in [0, 0.1) is 12.3 Å². The fraction of sp³-hybridized carbons (Fsp3) is 0.0909. The Balaban J connectivity index is 2.58. The molecule has 0 amide bonds. The highest BCUT2D eigenvalue weighted by Crippen LogP contribution is 2.22. The Hall–Kier alpha value is -1.62. The van der Waals surface area contributed by atoms with Crippen molar-refractivity contribution in [3.05, 3.63) is 46.2 Å². The Bertz CT molecular complexity index is 545. The van der Waals surface area contributed by atoms with Gasteiger partial charge in [-0.25, -0.2) is 4.68 Å². The fourth-order valence-electron chi connectivity index (χ4n) is 1.54. The average molecular weight is 279 g/mol. The summed E-state index contributed by atoms with van der Waals surface area (Å²) in [5.74, 6) is 0.0378. The van der Waals surface area contributed by atoms with Gasteiger partial charge in [0.05, 0.1) is 23.1 Å². The Morgan fingerprint density at radius 2 is 2.12 bits per heavy atom. The molecule has 0 aliphatic rings. The van der Waals surface area contributed by atoms with E-state index in [1.807, 2.05) is 31.2 Å². The van der Waals surface area contributed by atoms with Gasteiger partial charge in [0.1, 0.15) is 5.84 Å². The van der Waals surface area contributed by atoms with Gasteiger partial charge in [0.25, 0.3) is 0 Å². The van der Waals surface area contributed by atoms with Crippen molar-refractivity contribution in [2.24, 2.45) is 5.73 Å². The third-order valence-electron chi connectivity index (χ3n) is 2.38. The highest BCUT2D eigenvalue weighted by atomic mass is 79.9. The molecular weight excluding hydrogens is 268 g/mol. The van der Waals surface area contributed by atoms with Gasteiger partial charge in [-0.1, -0.05) is 12.1 Å². The van der Waals surface area contributed by atoms with Crippen molar-refractivity contribution in [3.8, 4) is 5.69 Å². The number of halogens is 1. The van der Waals surface area contributed by atoms with Crippen molar-refractivity contribution in [2.75, 3.05) is 0 Å². The standard InChI is InChI=1S/C11H11BrN4/c1-7-8(11(13)14)6-15-16(7)10-5-3-2-4-9(10)12/h2-6H,1H3,(H3,13,14). The van der Waals surface area contributed by atoms with Crippen LogP contribution in [-0.4, -0.2) is 15.6 Å². The van der Waals surface area contributed by atoms with E-state index < -0.39 is 0 Å². The molecule has 0 fully saturated rings. The van der Waals surface area contributed by atoms with Crippen LogP contribution in [0.15, 0.2) is 34.9 Å². The molecule has 16 heavy (non-hydrogen) atoms. The Morgan fingerprint density at radius 3 is 2.69 bits per heavy atom. The second-order valence-corrected chi connectivity index (χ2v) is 4.27. The SMILES string of the molecule is Cc1c(C(=N)N)cnn1-c1ccccc1Br. The second-order valence-electron chi connectivity index (χ2n) is 3.42. The first-order valence-corrected chi connectivity index (χ1v) is 5.54. The molecule has 2 rings (SSSR count). The Labute approximate surface area is 102 Å². The van der Waals surface area contributed by atoms with Gasteiger partial charge >= 0.3 is 0 Å². The molecule has 0 atom stereocenters. The van der Waals surface area contributed by atoms with Crippen molar-refractivity contribution in [1.29, 1.82) is 5.41 Å². The summed E-state index contributed by atoms with van der Waals surface area (Å²) in [4.78, 5) is 0. The van der Waals surface area contributed by atoms with Crippen molar-refractivity contribution in [1.82, 2.24) is 9.78 Å². The topological polar surface area (TPSA) is 67.7 Å².